The van der Waals surface area contributed by atoms with Crippen LogP contribution in [0, 0.1) is 6.92 Å². The lowest BCUT2D eigenvalue weighted by Gasteiger charge is -2.08. The number of hydrogen-bond acceptors (Lipinski definition) is 4. The molecule has 1 heterocycles. The molecule has 0 fully saturated rings. The Hall–Kier alpha value is -2.10. The van der Waals surface area contributed by atoms with E-state index in [1.54, 1.807) is 7.11 Å². The van der Waals surface area contributed by atoms with E-state index in [9.17, 15) is 0 Å². The lowest BCUT2D eigenvalue weighted by Crippen LogP contribution is -2.06. The number of hydrogen-bond donors (Lipinski definition) is 1. The normalized spacial score (nSPS) is 10.3. The summed E-state index contributed by atoms with van der Waals surface area (Å²) in [4.78, 5) is 9.06. The first kappa shape index (κ1) is 14.3. The first-order valence-electron chi connectivity index (χ1n) is 6.92. The Labute approximate surface area is 120 Å². The summed E-state index contributed by atoms with van der Waals surface area (Å²) in [5.74, 6) is 2.59. The second kappa shape index (κ2) is 6.89. The molecular formula is C16H21N3O. The Morgan fingerprint density at radius 3 is 2.80 bits per heavy atom. The summed E-state index contributed by atoms with van der Waals surface area (Å²) >= 11 is 0. The molecular weight excluding hydrogens is 250 g/mol. The van der Waals surface area contributed by atoms with E-state index in [1.807, 2.05) is 31.2 Å². The van der Waals surface area contributed by atoms with Crippen LogP contribution < -0.4 is 10.1 Å². The van der Waals surface area contributed by atoms with Gasteiger partial charge in [0, 0.05) is 24.7 Å². The highest BCUT2D eigenvalue weighted by Crippen LogP contribution is 2.16. The smallest absolute Gasteiger partial charge is 0.135 e. The van der Waals surface area contributed by atoms with Crippen LogP contribution in [0.1, 0.15) is 30.4 Å². The van der Waals surface area contributed by atoms with Crippen LogP contribution in [-0.4, -0.2) is 23.6 Å². The summed E-state index contributed by atoms with van der Waals surface area (Å²) in [7, 11) is 1.68. The predicted molar refractivity (Wildman–Crippen MR) is 81.3 cm³/mol. The van der Waals surface area contributed by atoms with E-state index < -0.39 is 0 Å². The quantitative estimate of drug-likeness (QED) is 0.876. The highest BCUT2D eigenvalue weighted by atomic mass is 16.5. The predicted octanol–water partition coefficient (Wildman–Crippen LogP) is 3.21. The van der Waals surface area contributed by atoms with Gasteiger partial charge in [0.25, 0.3) is 0 Å². The molecule has 0 spiro atoms. The highest BCUT2D eigenvalue weighted by Gasteiger charge is 2.04. The van der Waals surface area contributed by atoms with Crippen molar-refractivity contribution < 1.29 is 4.74 Å². The zero-order chi connectivity index (χ0) is 14.4. The van der Waals surface area contributed by atoms with Gasteiger partial charge >= 0.3 is 0 Å². The van der Waals surface area contributed by atoms with Gasteiger partial charge < -0.3 is 10.1 Å². The number of rotatable bonds is 6. The van der Waals surface area contributed by atoms with Crippen molar-refractivity contribution in [3.05, 3.63) is 47.4 Å². The minimum Gasteiger partial charge on any atom is -0.497 e. The Morgan fingerprint density at radius 1 is 1.20 bits per heavy atom. The number of ether oxygens (including phenoxy) is 1. The van der Waals surface area contributed by atoms with Crippen LogP contribution in [0.5, 0.6) is 5.75 Å². The van der Waals surface area contributed by atoms with Gasteiger partial charge in [-0.05, 0) is 31.0 Å². The molecule has 4 nitrogen and oxygen atoms in total. The van der Waals surface area contributed by atoms with E-state index in [0.717, 1.165) is 41.6 Å². The fourth-order valence-electron chi connectivity index (χ4n) is 2.02. The number of methoxy groups -OCH3 is 1. The molecule has 20 heavy (non-hydrogen) atoms. The van der Waals surface area contributed by atoms with Crippen molar-refractivity contribution in [2.75, 3.05) is 19.0 Å². The second-order valence-corrected chi connectivity index (χ2v) is 4.77. The monoisotopic (exact) mass is 271 g/mol. The zero-order valence-corrected chi connectivity index (χ0v) is 12.3. The van der Waals surface area contributed by atoms with Gasteiger partial charge in [-0.2, -0.15) is 0 Å². The number of nitrogens with one attached hydrogen (secondary N) is 1. The number of aryl methyl sites for hydroxylation is 1. The standard InChI is InChI=1S/C16H21N3O/c1-4-8-17-15-9-12(2)18-16(19-15)11-13-6-5-7-14(10-13)20-3/h5-7,9-10H,4,8,11H2,1-3H3,(H,17,18,19). The van der Waals surface area contributed by atoms with Gasteiger partial charge in [-0.25, -0.2) is 9.97 Å². The summed E-state index contributed by atoms with van der Waals surface area (Å²) in [6, 6.07) is 9.98. The fraction of sp³-hybridized carbons (Fsp3) is 0.375. The molecule has 0 aliphatic carbocycles. The van der Waals surface area contributed by atoms with Crippen LogP contribution in [0.15, 0.2) is 30.3 Å². The second-order valence-electron chi connectivity index (χ2n) is 4.77. The molecule has 0 unspecified atom stereocenters. The van der Waals surface area contributed by atoms with Crippen molar-refractivity contribution in [2.24, 2.45) is 0 Å². The molecule has 0 amide bonds. The van der Waals surface area contributed by atoms with E-state index in [-0.39, 0.29) is 0 Å². The molecule has 0 saturated heterocycles. The molecule has 2 aromatic rings. The highest BCUT2D eigenvalue weighted by molar-refractivity contribution is 5.37. The summed E-state index contributed by atoms with van der Waals surface area (Å²) in [5.41, 5.74) is 2.13. The van der Waals surface area contributed by atoms with Crippen LogP contribution in [0.3, 0.4) is 0 Å². The van der Waals surface area contributed by atoms with E-state index in [2.05, 4.69) is 28.3 Å². The third-order valence-corrected chi connectivity index (χ3v) is 2.95. The van der Waals surface area contributed by atoms with Crippen molar-refractivity contribution in [1.29, 1.82) is 0 Å². The molecule has 0 atom stereocenters. The molecule has 0 aliphatic rings. The van der Waals surface area contributed by atoms with Gasteiger partial charge in [0.15, 0.2) is 0 Å². The van der Waals surface area contributed by atoms with E-state index in [0.29, 0.717) is 6.42 Å². The Bertz CT molecular complexity index is 569. The third-order valence-electron chi connectivity index (χ3n) is 2.95. The topological polar surface area (TPSA) is 47.0 Å². The lowest BCUT2D eigenvalue weighted by molar-refractivity contribution is 0.414. The molecule has 0 radical (unpaired) electrons. The maximum absolute atomic E-state index is 5.24. The van der Waals surface area contributed by atoms with Crippen LogP contribution in [0.4, 0.5) is 5.82 Å². The van der Waals surface area contributed by atoms with Crippen molar-refractivity contribution in [3.8, 4) is 5.75 Å². The van der Waals surface area contributed by atoms with E-state index >= 15 is 0 Å². The van der Waals surface area contributed by atoms with Gasteiger partial charge in [-0.3, -0.25) is 0 Å². The molecule has 1 aromatic heterocycles. The van der Waals surface area contributed by atoms with Crippen LogP contribution in [0.2, 0.25) is 0 Å². The first-order valence-corrected chi connectivity index (χ1v) is 6.92. The lowest BCUT2D eigenvalue weighted by atomic mass is 10.1. The average Bonchev–Trinajstić information content (AvgIpc) is 2.44. The van der Waals surface area contributed by atoms with Crippen LogP contribution >= 0.6 is 0 Å². The third kappa shape index (κ3) is 3.95. The zero-order valence-electron chi connectivity index (χ0n) is 12.3. The van der Waals surface area contributed by atoms with Gasteiger partial charge in [-0.15, -0.1) is 0 Å². The van der Waals surface area contributed by atoms with Gasteiger partial charge in [-0.1, -0.05) is 19.1 Å². The Kier molecular flexibility index (Phi) is 4.93. The van der Waals surface area contributed by atoms with E-state index in [4.69, 9.17) is 4.74 Å². The Balaban J connectivity index is 2.17. The number of nitrogens with zero attached hydrogens (tertiary/aromatic N) is 2. The number of benzene rings is 1. The van der Waals surface area contributed by atoms with Gasteiger partial charge in [0.2, 0.25) is 0 Å². The summed E-state index contributed by atoms with van der Waals surface area (Å²) in [6.45, 7) is 5.06. The summed E-state index contributed by atoms with van der Waals surface area (Å²) < 4.78 is 5.24. The summed E-state index contributed by atoms with van der Waals surface area (Å²) in [6.07, 6.45) is 1.79. The van der Waals surface area contributed by atoms with Crippen LogP contribution in [0.25, 0.3) is 0 Å². The van der Waals surface area contributed by atoms with Crippen molar-refractivity contribution in [3.63, 3.8) is 0 Å². The maximum atomic E-state index is 5.24. The van der Waals surface area contributed by atoms with Crippen molar-refractivity contribution >= 4 is 5.82 Å². The molecule has 0 aliphatic heterocycles. The largest absolute Gasteiger partial charge is 0.497 e. The average molecular weight is 271 g/mol. The molecule has 1 N–H and O–H groups in total. The number of aromatic nitrogens is 2. The Morgan fingerprint density at radius 2 is 2.05 bits per heavy atom. The number of anilines is 1. The molecule has 0 bridgehead atoms. The molecule has 0 saturated carbocycles. The molecule has 106 valence electrons. The van der Waals surface area contributed by atoms with Gasteiger partial charge in [0.1, 0.15) is 17.4 Å². The minimum atomic E-state index is 0.708. The molecule has 4 heteroatoms. The minimum absolute atomic E-state index is 0.708. The molecule has 1 aromatic carbocycles. The molecule has 2 rings (SSSR count). The van der Waals surface area contributed by atoms with Gasteiger partial charge in [0.05, 0.1) is 7.11 Å². The fourth-order valence-corrected chi connectivity index (χ4v) is 2.02. The first-order chi connectivity index (χ1) is 9.71. The van der Waals surface area contributed by atoms with Crippen molar-refractivity contribution in [1.82, 2.24) is 9.97 Å². The van der Waals surface area contributed by atoms with Crippen molar-refractivity contribution in [2.45, 2.75) is 26.7 Å². The van der Waals surface area contributed by atoms with E-state index in [1.165, 1.54) is 0 Å². The van der Waals surface area contributed by atoms with Crippen LogP contribution in [-0.2, 0) is 6.42 Å². The summed E-state index contributed by atoms with van der Waals surface area (Å²) in [5, 5.41) is 3.31. The SMILES string of the molecule is CCCNc1cc(C)nc(Cc2cccc(OC)c2)n1. The maximum Gasteiger partial charge on any atom is 0.135 e.